The third-order valence-electron chi connectivity index (χ3n) is 1.82. The first-order chi connectivity index (χ1) is 8.49. The summed E-state index contributed by atoms with van der Waals surface area (Å²) in [5.41, 5.74) is 5.16. The van der Waals surface area contributed by atoms with E-state index < -0.39 is 10.8 Å². The average Bonchev–Trinajstić information content (AvgIpc) is 2.28. The van der Waals surface area contributed by atoms with Crippen LogP contribution in [0.25, 0.3) is 0 Å². The van der Waals surface area contributed by atoms with Crippen molar-refractivity contribution in [1.82, 2.24) is 0 Å². The Hall–Kier alpha value is -2.09. The molecule has 0 saturated carbocycles. The van der Waals surface area contributed by atoms with Gasteiger partial charge in [-0.25, -0.2) is 0 Å². The Morgan fingerprint density at radius 3 is 2.72 bits per heavy atom. The van der Waals surface area contributed by atoms with Crippen LogP contribution in [0.1, 0.15) is 0 Å². The molecule has 8 heteroatoms. The van der Waals surface area contributed by atoms with E-state index in [1.807, 2.05) is 0 Å². The number of thioether (sulfide) groups is 1. The molecule has 0 saturated heterocycles. The fraction of sp³-hybridized carbons (Fsp3) is 0.200. The number of primary amides is 1. The van der Waals surface area contributed by atoms with Crippen LogP contribution in [-0.2, 0) is 9.59 Å². The standard InChI is InChI=1S/C10H11N3O4S/c11-9(14)5-18-6-10(15)12-7-2-1-3-8(4-7)13(16)17/h1-4H,5-6H2,(H2,11,14)(H,12,15). The van der Waals surface area contributed by atoms with Crippen LogP contribution in [0.4, 0.5) is 11.4 Å². The number of carbonyl (C=O) groups excluding carboxylic acids is 2. The molecule has 0 fully saturated rings. The van der Waals surface area contributed by atoms with Crippen LogP contribution in [0.2, 0.25) is 0 Å². The van der Waals surface area contributed by atoms with Gasteiger partial charge < -0.3 is 11.1 Å². The number of nitrogens with one attached hydrogen (secondary N) is 1. The molecule has 0 spiro atoms. The SMILES string of the molecule is NC(=O)CSCC(=O)Nc1cccc([N+](=O)[O-])c1. The van der Waals surface area contributed by atoms with Gasteiger partial charge in [0.15, 0.2) is 0 Å². The van der Waals surface area contributed by atoms with Crippen LogP contribution in [0, 0.1) is 10.1 Å². The molecule has 0 radical (unpaired) electrons. The van der Waals surface area contributed by atoms with Crippen LogP contribution in [-0.4, -0.2) is 28.2 Å². The van der Waals surface area contributed by atoms with Gasteiger partial charge >= 0.3 is 0 Å². The number of hydrogen-bond donors (Lipinski definition) is 2. The van der Waals surface area contributed by atoms with Crippen molar-refractivity contribution in [2.24, 2.45) is 5.73 Å². The van der Waals surface area contributed by atoms with Crippen molar-refractivity contribution in [2.75, 3.05) is 16.8 Å². The molecule has 0 aliphatic carbocycles. The van der Waals surface area contributed by atoms with Crippen molar-refractivity contribution in [3.8, 4) is 0 Å². The molecule has 1 aromatic carbocycles. The Morgan fingerprint density at radius 2 is 2.11 bits per heavy atom. The van der Waals surface area contributed by atoms with Crippen molar-refractivity contribution < 1.29 is 14.5 Å². The lowest BCUT2D eigenvalue weighted by Gasteiger charge is -2.04. The zero-order chi connectivity index (χ0) is 13.5. The lowest BCUT2D eigenvalue weighted by atomic mass is 10.3. The summed E-state index contributed by atoms with van der Waals surface area (Å²) in [5, 5.41) is 13.0. The first-order valence-corrected chi connectivity index (χ1v) is 6.05. The highest BCUT2D eigenvalue weighted by Gasteiger charge is 2.08. The molecule has 0 aromatic heterocycles. The molecule has 1 aromatic rings. The molecule has 18 heavy (non-hydrogen) atoms. The van der Waals surface area contributed by atoms with Crippen molar-refractivity contribution in [2.45, 2.75) is 0 Å². The van der Waals surface area contributed by atoms with E-state index in [0.717, 1.165) is 11.8 Å². The molecule has 0 aliphatic rings. The lowest BCUT2D eigenvalue weighted by Crippen LogP contribution is -2.18. The summed E-state index contributed by atoms with van der Waals surface area (Å²) in [6.45, 7) is 0. The Morgan fingerprint density at radius 1 is 1.39 bits per heavy atom. The van der Waals surface area contributed by atoms with E-state index in [4.69, 9.17) is 5.73 Å². The second-order valence-corrected chi connectivity index (χ2v) is 4.30. The maximum absolute atomic E-state index is 11.4. The molecular formula is C10H11N3O4S. The number of amides is 2. The third kappa shape index (κ3) is 4.83. The van der Waals surface area contributed by atoms with Gasteiger partial charge in [0.25, 0.3) is 5.69 Å². The predicted octanol–water partition coefficient (Wildman–Crippen LogP) is 0.752. The number of benzene rings is 1. The minimum absolute atomic E-state index is 0.0579. The molecule has 0 aliphatic heterocycles. The van der Waals surface area contributed by atoms with E-state index in [-0.39, 0.29) is 23.1 Å². The van der Waals surface area contributed by atoms with Crippen molar-refractivity contribution in [3.63, 3.8) is 0 Å². The summed E-state index contributed by atoms with van der Waals surface area (Å²) in [5.74, 6) is -0.724. The molecule has 0 bridgehead atoms. The number of hydrogen-bond acceptors (Lipinski definition) is 5. The highest BCUT2D eigenvalue weighted by molar-refractivity contribution is 8.00. The summed E-state index contributed by atoms with van der Waals surface area (Å²) in [6, 6.07) is 5.61. The Kier molecular flexibility index (Phi) is 5.12. The fourth-order valence-corrected chi connectivity index (χ4v) is 1.70. The van der Waals surface area contributed by atoms with Crippen LogP contribution in [0.15, 0.2) is 24.3 Å². The van der Waals surface area contributed by atoms with Gasteiger partial charge in [0, 0.05) is 17.8 Å². The molecule has 0 atom stereocenters. The van der Waals surface area contributed by atoms with Crippen LogP contribution in [0.5, 0.6) is 0 Å². The van der Waals surface area contributed by atoms with E-state index in [0.29, 0.717) is 5.69 Å². The summed E-state index contributed by atoms with van der Waals surface area (Å²) < 4.78 is 0. The maximum Gasteiger partial charge on any atom is 0.271 e. The number of non-ortho nitro benzene ring substituents is 1. The first kappa shape index (κ1) is 14.0. The Bertz CT molecular complexity index is 478. The van der Waals surface area contributed by atoms with E-state index in [9.17, 15) is 19.7 Å². The second-order valence-electron chi connectivity index (χ2n) is 3.31. The number of nitro groups is 1. The summed E-state index contributed by atoms with van der Waals surface area (Å²) in [4.78, 5) is 31.9. The lowest BCUT2D eigenvalue weighted by molar-refractivity contribution is -0.384. The van der Waals surface area contributed by atoms with Gasteiger partial charge in [0.1, 0.15) is 0 Å². The number of carbonyl (C=O) groups is 2. The smallest absolute Gasteiger partial charge is 0.271 e. The van der Waals surface area contributed by atoms with Gasteiger partial charge in [-0.05, 0) is 6.07 Å². The Labute approximate surface area is 107 Å². The zero-order valence-corrected chi connectivity index (χ0v) is 10.1. The van der Waals surface area contributed by atoms with Crippen molar-refractivity contribution in [1.29, 1.82) is 0 Å². The topological polar surface area (TPSA) is 115 Å². The quantitative estimate of drug-likeness (QED) is 0.584. The zero-order valence-electron chi connectivity index (χ0n) is 9.29. The number of nitrogens with zero attached hydrogens (tertiary/aromatic N) is 1. The van der Waals surface area contributed by atoms with E-state index >= 15 is 0 Å². The monoisotopic (exact) mass is 269 g/mol. The molecule has 1 rings (SSSR count). The van der Waals surface area contributed by atoms with E-state index in [2.05, 4.69) is 5.32 Å². The summed E-state index contributed by atoms with van der Waals surface area (Å²) in [6.07, 6.45) is 0. The van der Waals surface area contributed by atoms with Crippen LogP contribution >= 0.6 is 11.8 Å². The van der Waals surface area contributed by atoms with E-state index in [1.165, 1.54) is 18.2 Å². The number of anilines is 1. The first-order valence-electron chi connectivity index (χ1n) is 4.89. The molecule has 0 heterocycles. The van der Waals surface area contributed by atoms with Crippen LogP contribution < -0.4 is 11.1 Å². The largest absolute Gasteiger partial charge is 0.369 e. The maximum atomic E-state index is 11.4. The van der Waals surface area contributed by atoms with Crippen molar-refractivity contribution >= 4 is 35.0 Å². The molecule has 7 nitrogen and oxygen atoms in total. The number of rotatable bonds is 6. The van der Waals surface area contributed by atoms with Gasteiger partial charge in [-0.15, -0.1) is 11.8 Å². The second kappa shape index (κ2) is 6.60. The molecule has 0 unspecified atom stereocenters. The Balaban J connectivity index is 2.51. The molecule has 2 amide bonds. The van der Waals surface area contributed by atoms with Gasteiger partial charge in [-0.3, -0.25) is 19.7 Å². The highest BCUT2D eigenvalue weighted by Crippen LogP contribution is 2.17. The summed E-state index contributed by atoms with van der Waals surface area (Å²) in [7, 11) is 0. The summed E-state index contributed by atoms with van der Waals surface area (Å²) >= 11 is 1.08. The van der Waals surface area contributed by atoms with Crippen molar-refractivity contribution in [3.05, 3.63) is 34.4 Å². The van der Waals surface area contributed by atoms with Crippen LogP contribution in [0.3, 0.4) is 0 Å². The molecule has 96 valence electrons. The average molecular weight is 269 g/mol. The third-order valence-corrected chi connectivity index (χ3v) is 2.77. The van der Waals surface area contributed by atoms with Gasteiger partial charge in [0.2, 0.25) is 11.8 Å². The molecule has 3 N–H and O–H groups in total. The minimum Gasteiger partial charge on any atom is -0.369 e. The van der Waals surface area contributed by atoms with E-state index in [1.54, 1.807) is 6.07 Å². The minimum atomic E-state index is -0.544. The highest BCUT2D eigenvalue weighted by atomic mass is 32.2. The number of nitro benzene ring substituents is 1. The number of nitrogens with two attached hydrogens (primary N) is 1. The van der Waals surface area contributed by atoms with Gasteiger partial charge in [0.05, 0.1) is 16.4 Å². The fourth-order valence-electron chi connectivity index (χ4n) is 1.14. The van der Waals surface area contributed by atoms with Gasteiger partial charge in [-0.2, -0.15) is 0 Å². The molecular weight excluding hydrogens is 258 g/mol. The normalized spacial score (nSPS) is 9.78. The van der Waals surface area contributed by atoms with Gasteiger partial charge in [-0.1, -0.05) is 6.07 Å². The predicted molar refractivity (Wildman–Crippen MR) is 68.2 cm³/mol.